The Bertz CT molecular complexity index is 1410. The fourth-order valence-electron chi connectivity index (χ4n) is 4.98. The van der Waals surface area contributed by atoms with Gasteiger partial charge in [-0.15, -0.1) is 0 Å². The molecule has 186 valence electrons. The maximum absolute atomic E-state index is 13.7. The van der Waals surface area contributed by atoms with Crippen LogP contribution < -0.4 is 10.9 Å². The van der Waals surface area contributed by atoms with Gasteiger partial charge in [-0.3, -0.25) is 18.9 Å². The Labute approximate surface area is 220 Å². The van der Waals surface area contributed by atoms with Crippen LogP contribution in [0.5, 0.6) is 0 Å². The minimum atomic E-state index is -0.204. The predicted octanol–water partition coefficient (Wildman–Crippen LogP) is 5.96. The molecule has 2 aliphatic rings. The normalized spacial score (nSPS) is 22.4. The second-order valence-corrected chi connectivity index (χ2v) is 11.5. The average molecular weight is 519 g/mol. The minimum absolute atomic E-state index is 0.187. The van der Waals surface area contributed by atoms with Crippen LogP contribution in [-0.4, -0.2) is 30.6 Å². The number of thioether (sulfide) groups is 1. The first-order chi connectivity index (χ1) is 17.3. The van der Waals surface area contributed by atoms with Crippen molar-refractivity contribution in [1.29, 1.82) is 0 Å². The number of thiocarbonyl (C=S) groups is 1. The van der Waals surface area contributed by atoms with Crippen molar-refractivity contribution in [3.8, 4) is 0 Å². The quantitative estimate of drug-likeness (QED) is 0.332. The molecule has 1 aliphatic carbocycles. The number of aromatic nitrogens is 2. The molecule has 1 atom stereocenters. The van der Waals surface area contributed by atoms with Crippen LogP contribution in [0.3, 0.4) is 0 Å². The van der Waals surface area contributed by atoms with Crippen molar-refractivity contribution in [2.45, 2.75) is 58.5 Å². The molecule has 36 heavy (non-hydrogen) atoms. The number of amides is 1. The highest BCUT2D eigenvalue weighted by Gasteiger charge is 2.36. The lowest BCUT2D eigenvalue weighted by Crippen LogP contribution is -2.31. The Morgan fingerprint density at radius 1 is 1.11 bits per heavy atom. The van der Waals surface area contributed by atoms with E-state index >= 15 is 0 Å². The summed E-state index contributed by atoms with van der Waals surface area (Å²) in [4.78, 5) is 34.1. The Balaban J connectivity index is 1.55. The van der Waals surface area contributed by atoms with E-state index < -0.39 is 0 Å². The zero-order valence-corrected chi connectivity index (χ0v) is 22.4. The molecule has 1 aromatic carbocycles. The molecule has 6 nitrogen and oxygen atoms in total. The molecule has 1 N–H and O–H groups in total. The zero-order valence-electron chi connectivity index (χ0n) is 20.7. The Morgan fingerprint density at radius 3 is 2.56 bits per heavy atom. The molecule has 2 fully saturated rings. The molecular weight excluding hydrogens is 488 g/mol. The molecule has 1 saturated heterocycles. The second kappa shape index (κ2) is 10.2. The zero-order chi connectivity index (χ0) is 25.4. The number of benzene rings is 1. The van der Waals surface area contributed by atoms with Crippen LogP contribution in [0.1, 0.15) is 62.3 Å². The van der Waals surface area contributed by atoms with E-state index in [4.69, 9.17) is 17.2 Å². The molecule has 8 heteroatoms. The minimum Gasteiger partial charge on any atom is -0.367 e. The van der Waals surface area contributed by atoms with E-state index in [-0.39, 0.29) is 23.6 Å². The van der Waals surface area contributed by atoms with Gasteiger partial charge in [0.1, 0.15) is 15.8 Å². The summed E-state index contributed by atoms with van der Waals surface area (Å²) in [6, 6.07) is 13.7. The molecular formula is C28H30N4O2S2. The standard InChI is InChI=1S/C28H30N4O2S2/c1-17-11-13-21(14-12-17)29-24-22(26(33)31-15-7-8-18(2)25(31)30-24)16-23-27(34)32(28(35)36-23)19(3)20-9-5-4-6-10-20/h4-10,15-17,19,21,29H,11-14H2,1-3H3. The molecule has 0 bridgehead atoms. The van der Waals surface area contributed by atoms with Crippen LogP contribution in [0.2, 0.25) is 0 Å². The third-order valence-corrected chi connectivity index (χ3v) is 8.54. The molecule has 2 aromatic heterocycles. The van der Waals surface area contributed by atoms with Gasteiger partial charge in [0.25, 0.3) is 11.5 Å². The van der Waals surface area contributed by atoms with Gasteiger partial charge in [-0.05, 0) is 68.7 Å². The smallest absolute Gasteiger partial charge is 0.267 e. The molecule has 0 radical (unpaired) electrons. The van der Waals surface area contributed by atoms with Crippen molar-refractivity contribution in [1.82, 2.24) is 14.3 Å². The first kappa shape index (κ1) is 24.7. The number of nitrogens with zero attached hydrogens (tertiary/aromatic N) is 3. The largest absolute Gasteiger partial charge is 0.367 e. The number of aryl methyl sites for hydroxylation is 1. The van der Waals surface area contributed by atoms with E-state index in [0.29, 0.717) is 32.2 Å². The van der Waals surface area contributed by atoms with Crippen LogP contribution in [0, 0.1) is 12.8 Å². The van der Waals surface area contributed by atoms with E-state index in [1.807, 2.05) is 56.3 Å². The Morgan fingerprint density at radius 2 is 1.83 bits per heavy atom. The van der Waals surface area contributed by atoms with Crippen molar-refractivity contribution in [3.63, 3.8) is 0 Å². The summed E-state index contributed by atoms with van der Waals surface area (Å²) >= 11 is 6.84. The van der Waals surface area contributed by atoms with E-state index in [9.17, 15) is 9.59 Å². The first-order valence-electron chi connectivity index (χ1n) is 12.4. The number of carbonyl (C=O) groups is 1. The number of pyridine rings is 1. The second-order valence-electron chi connectivity index (χ2n) is 9.80. The number of nitrogens with one attached hydrogen (secondary N) is 1. The molecule has 1 aliphatic heterocycles. The highest BCUT2D eigenvalue weighted by molar-refractivity contribution is 8.26. The molecule has 3 heterocycles. The van der Waals surface area contributed by atoms with Crippen molar-refractivity contribution in [2.75, 3.05) is 5.32 Å². The number of carbonyl (C=O) groups excluding carboxylic acids is 1. The van der Waals surface area contributed by atoms with E-state index in [2.05, 4.69) is 12.2 Å². The SMILES string of the molecule is Cc1cccn2c(=O)c(C=C3SC(=S)N(C(C)c4ccccc4)C3=O)c(NC3CCC(C)CC3)nc12. The van der Waals surface area contributed by atoms with Crippen LogP contribution in [0.4, 0.5) is 5.82 Å². The van der Waals surface area contributed by atoms with Crippen LogP contribution in [0.25, 0.3) is 11.7 Å². The number of anilines is 1. The number of rotatable bonds is 5. The molecule has 5 rings (SSSR count). The molecule has 1 saturated carbocycles. The highest BCUT2D eigenvalue weighted by atomic mass is 32.2. The van der Waals surface area contributed by atoms with Crippen LogP contribution in [-0.2, 0) is 4.79 Å². The summed E-state index contributed by atoms with van der Waals surface area (Å²) in [7, 11) is 0. The maximum atomic E-state index is 13.7. The maximum Gasteiger partial charge on any atom is 0.267 e. The van der Waals surface area contributed by atoms with Gasteiger partial charge in [-0.1, -0.05) is 67.3 Å². The van der Waals surface area contributed by atoms with Crippen molar-refractivity contribution < 1.29 is 4.79 Å². The molecule has 0 spiro atoms. The fraction of sp³-hybridized carbons (Fsp3) is 0.357. The van der Waals surface area contributed by atoms with Crippen molar-refractivity contribution >= 4 is 51.7 Å². The van der Waals surface area contributed by atoms with Gasteiger partial charge in [-0.25, -0.2) is 4.98 Å². The van der Waals surface area contributed by atoms with Gasteiger partial charge in [0.05, 0.1) is 16.5 Å². The van der Waals surface area contributed by atoms with E-state index in [0.717, 1.165) is 36.8 Å². The monoisotopic (exact) mass is 518 g/mol. The lowest BCUT2D eigenvalue weighted by molar-refractivity contribution is -0.123. The fourth-order valence-corrected chi connectivity index (χ4v) is 6.38. The number of hydrogen-bond acceptors (Lipinski definition) is 6. The highest BCUT2D eigenvalue weighted by Crippen LogP contribution is 2.38. The van der Waals surface area contributed by atoms with Gasteiger partial charge in [0, 0.05) is 12.2 Å². The summed E-state index contributed by atoms with van der Waals surface area (Å²) in [5.74, 6) is 1.07. The third-order valence-electron chi connectivity index (χ3n) is 7.21. The topological polar surface area (TPSA) is 66.7 Å². The summed E-state index contributed by atoms with van der Waals surface area (Å²) < 4.78 is 2.05. The number of hydrogen-bond donors (Lipinski definition) is 1. The summed E-state index contributed by atoms with van der Waals surface area (Å²) in [5, 5.41) is 3.55. The van der Waals surface area contributed by atoms with Crippen molar-refractivity contribution in [2.24, 2.45) is 5.92 Å². The lowest BCUT2D eigenvalue weighted by Gasteiger charge is -2.28. The first-order valence-corrected chi connectivity index (χ1v) is 13.7. The van der Waals surface area contributed by atoms with E-state index in [1.54, 1.807) is 21.6 Å². The Hall–Kier alpha value is -2.97. The molecule has 1 amide bonds. The van der Waals surface area contributed by atoms with Gasteiger partial charge in [-0.2, -0.15) is 0 Å². The summed E-state index contributed by atoms with van der Waals surface area (Å²) in [6.45, 7) is 6.20. The number of fused-ring (bicyclic) bond motifs is 1. The van der Waals surface area contributed by atoms with Crippen LogP contribution in [0.15, 0.2) is 58.4 Å². The van der Waals surface area contributed by atoms with Gasteiger partial charge >= 0.3 is 0 Å². The summed E-state index contributed by atoms with van der Waals surface area (Å²) in [6.07, 6.45) is 7.76. The Kier molecular flexibility index (Phi) is 6.99. The van der Waals surface area contributed by atoms with Gasteiger partial charge in [0.2, 0.25) is 0 Å². The molecule has 3 aromatic rings. The van der Waals surface area contributed by atoms with E-state index in [1.165, 1.54) is 11.8 Å². The average Bonchev–Trinajstić information content (AvgIpc) is 3.16. The van der Waals surface area contributed by atoms with Gasteiger partial charge in [0.15, 0.2) is 0 Å². The van der Waals surface area contributed by atoms with Gasteiger partial charge < -0.3 is 5.32 Å². The predicted molar refractivity (Wildman–Crippen MR) is 151 cm³/mol. The van der Waals surface area contributed by atoms with Crippen molar-refractivity contribution in [3.05, 3.63) is 80.6 Å². The summed E-state index contributed by atoms with van der Waals surface area (Å²) in [5.41, 5.74) is 2.74. The lowest BCUT2D eigenvalue weighted by atomic mass is 9.87. The third kappa shape index (κ3) is 4.72. The molecule has 1 unspecified atom stereocenters. The van der Waals surface area contributed by atoms with Crippen LogP contribution >= 0.6 is 24.0 Å².